The molecule has 3 nitrogen and oxygen atoms in total. The minimum atomic E-state index is 0.0618. The fraction of sp³-hybridized carbons (Fsp3) is 0.900. The summed E-state index contributed by atoms with van der Waals surface area (Å²) in [5, 5.41) is 6.24. The maximum Gasteiger partial charge on any atom is 0.237 e. The SMILES string of the molecule is CSCCC(C)NC(=O)[C@H]1CCCN1. The van der Waals surface area contributed by atoms with E-state index in [-0.39, 0.29) is 11.9 Å². The van der Waals surface area contributed by atoms with E-state index in [1.54, 1.807) is 0 Å². The highest BCUT2D eigenvalue weighted by Crippen LogP contribution is 2.06. The average Bonchev–Trinajstić information content (AvgIpc) is 2.67. The fourth-order valence-corrected chi connectivity index (χ4v) is 2.21. The molecule has 0 saturated carbocycles. The first-order valence-corrected chi connectivity index (χ1v) is 6.66. The zero-order valence-corrected chi connectivity index (χ0v) is 9.82. The van der Waals surface area contributed by atoms with E-state index in [0.29, 0.717) is 6.04 Å². The van der Waals surface area contributed by atoms with Crippen molar-refractivity contribution in [2.24, 2.45) is 0 Å². The van der Waals surface area contributed by atoms with Gasteiger partial charge in [-0.05, 0) is 44.7 Å². The van der Waals surface area contributed by atoms with Crippen molar-refractivity contribution >= 4 is 17.7 Å². The molecule has 1 heterocycles. The van der Waals surface area contributed by atoms with Gasteiger partial charge in [-0.3, -0.25) is 4.79 Å². The molecule has 1 aliphatic rings. The molecule has 1 saturated heterocycles. The number of thioether (sulfide) groups is 1. The molecule has 0 aromatic carbocycles. The topological polar surface area (TPSA) is 41.1 Å². The third kappa shape index (κ3) is 3.88. The maximum atomic E-state index is 11.6. The van der Waals surface area contributed by atoms with Crippen LogP contribution < -0.4 is 10.6 Å². The summed E-state index contributed by atoms with van der Waals surface area (Å²) >= 11 is 1.82. The van der Waals surface area contributed by atoms with Gasteiger partial charge in [0.1, 0.15) is 0 Å². The monoisotopic (exact) mass is 216 g/mol. The molecule has 0 bridgehead atoms. The Balaban J connectivity index is 2.18. The molecule has 82 valence electrons. The summed E-state index contributed by atoms with van der Waals surface area (Å²) in [6.07, 6.45) is 5.26. The number of nitrogens with one attached hydrogen (secondary N) is 2. The van der Waals surface area contributed by atoms with E-state index in [2.05, 4.69) is 23.8 Å². The Kier molecular flexibility index (Phi) is 5.33. The van der Waals surface area contributed by atoms with E-state index in [4.69, 9.17) is 0 Å². The van der Waals surface area contributed by atoms with E-state index in [1.807, 2.05) is 11.8 Å². The summed E-state index contributed by atoms with van der Waals surface area (Å²) in [6.45, 7) is 3.06. The Morgan fingerprint density at radius 1 is 1.71 bits per heavy atom. The maximum absolute atomic E-state index is 11.6. The molecule has 0 radical (unpaired) electrons. The summed E-state index contributed by atoms with van der Waals surface area (Å²) in [4.78, 5) is 11.6. The average molecular weight is 216 g/mol. The van der Waals surface area contributed by atoms with E-state index in [1.165, 1.54) is 0 Å². The van der Waals surface area contributed by atoms with Gasteiger partial charge in [0.15, 0.2) is 0 Å². The molecule has 1 amide bonds. The summed E-state index contributed by atoms with van der Waals surface area (Å²) < 4.78 is 0. The smallest absolute Gasteiger partial charge is 0.237 e. The second-order valence-electron chi connectivity index (χ2n) is 3.84. The van der Waals surface area contributed by atoms with E-state index in [0.717, 1.165) is 31.6 Å². The number of amides is 1. The van der Waals surface area contributed by atoms with Crippen molar-refractivity contribution in [1.82, 2.24) is 10.6 Å². The van der Waals surface area contributed by atoms with Crippen molar-refractivity contribution in [3.05, 3.63) is 0 Å². The summed E-state index contributed by atoms with van der Waals surface area (Å²) in [5.74, 6) is 1.29. The van der Waals surface area contributed by atoms with Crippen molar-refractivity contribution in [2.45, 2.75) is 38.3 Å². The molecule has 2 N–H and O–H groups in total. The lowest BCUT2D eigenvalue weighted by atomic mass is 10.2. The zero-order valence-electron chi connectivity index (χ0n) is 9.01. The Labute approximate surface area is 90.4 Å². The second kappa shape index (κ2) is 6.30. The van der Waals surface area contributed by atoms with Crippen LogP contribution in [-0.2, 0) is 4.79 Å². The van der Waals surface area contributed by atoms with Crippen LogP contribution in [0.15, 0.2) is 0 Å². The van der Waals surface area contributed by atoms with Crippen molar-refractivity contribution < 1.29 is 4.79 Å². The fourth-order valence-electron chi connectivity index (χ4n) is 1.62. The minimum absolute atomic E-state index is 0.0618. The Bertz CT molecular complexity index is 181. The molecule has 0 spiro atoms. The van der Waals surface area contributed by atoms with E-state index in [9.17, 15) is 4.79 Å². The van der Waals surface area contributed by atoms with Crippen molar-refractivity contribution in [3.8, 4) is 0 Å². The van der Waals surface area contributed by atoms with Crippen molar-refractivity contribution in [1.29, 1.82) is 0 Å². The van der Waals surface area contributed by atoms with Crippen molar-refractivity contribution in [2.75, 3.05) is 18.6 Å². The molecule has 1 fully saturated rings. The molecule has 1 unspecified atom stereocenters. The number of hydrogen-bond acceptors (Lipinski definition) is 3. The minimum Gasteiger partial charge on any atom is -0.352 e. The first-order valence-electron chi connectivity index (χ1n) is 5.26. The predicted molar refractivity (Wildman–Crippen MR) is 61.6 cm³/mol. The van der Waals surface area contributed by atoms with Gasteiger partial charge in [0.25, 0.3) is 0 Å². The van der Waals surface area contributed by atoms with Gasteiger partial charge in [0.05, 0.1) is 6.04 Å². The highest BCUT2D eigenvalue weighted by Gasteiger charge is 2.22. The predicted octanol–water partition coefficient (Wildman–Crippen LogP) is 0.996. The largest absolute Gasteiger partial charge is 0.352 e. The third-order valence-corrected chi connectivity index (χ3v) is 3.16. The first kappa shape index (κ1) is 11.9. The molecule has 0 aromatic heterocycles. The molecule has 0 aromatic rings. The molecule has 1 aliphatic heterocycles. The summed E-state index contributed by atoms with van der Waals surface area (Å²) in [6, 6.07) is 0.365. The number of carbonyl (C=O) groups is 1. The zero-order chi connectivity index (χ0) is 10.4. The van der Waals surface area contributed by atoms with E-state index >= 15 is 0 Å². The molecular weight excluding hydrogens is 196 g/mol. The standard InChI is InChI=1S/C10H20N2OS/c1-8(5-7-14-2)12-10(13)9-4-3-6-11-9/h8-9,11H,3-7H2,1-2H3,(H,12,13)/t8?,9-/m1/s1. The highest BCUT2D eigenvalue weighted by atomic mass is 32.2. The van der Waals surface area contributed by atoms with Gasteiger partial charge in [0.2, 0.25) is 5.91 Å². The van der Waals surface area contributed by atoms with Crippen LogP contribution in [0.25, 0.3) is 0 Å². The van der Waals surface area contributed by atoms with Gasteiger partial charge in [-0.1, -0.05) is 0 Å². The lowest BCUT2D eigenvalue weighted by Gasteiger charge is -2.16. The van der Waals surface area contributed by atoms with Gasteiger partial charge < -0.3 is 10.6 Å². The van der Waals surface area contributed by atoms with Gasteiger partial charge in [-0.15, -0.1) is 0 Å². The van der Waals surface area contributed by atoms with Crippen LogP contribution in [0.4, 0.5) is 0 Å². The Morgan fingerprint density at radius 3 is 3.07 bits per heavy atom. The highest BCUT2D eigenvalue weighted by molar-refractivity contribution is 7.98. The molecule has 2 atom stereocenters. The molecular formula is C10H20N2OS. The normalized spacial score (nSPS) is 23.4. The van der Waals surface area contributed by atoms with Crippen LogP contribution >= 0.6 is 11.8 Å². The Morgan fingerprint density at radius 2 is 2.50 bits per heavy atom. The second-order valence-corrected chi connectivity index (χ2v) is 4.83. The summed E-state index contributed by atoms with van der Waals surface area (Å²) in [7, 11) is 0. The van der Waals surface area contributed by atoms with Crippen molar-refractivity contribution in [3.63, 3.8) is 0 Å². The molecule has 1 rings (SSSR count). The van der Waals surface area contributed by atoms with Crippen LogP contribution in [0.1, 0.15) is 26.2 Å². The van der Waals surface area contributed by atoms with Crippen LogP contribution in [-0.4, -0.2) is 36.5 Å². The third-order valence-electron chi connectivity index (χ3n) is 2.52. The van der Waals surface area contributed by atoms with Crippen LogP contribution in [0.2, 0.25) is 0 Å². The number of hydrogen-bond donors (Lipinski definition) is 2. The number of carbonyl (C=O) groups excluding carboxylic acids is 1. The molecule has 4 heteroatoms. The first-order chi connectivity index (χ1) is 6.74. The number of rotatable bonds is 5. The lowest BCUT2D eigenvalue weighted by Crippen LogP contribution is -2.44. The lowest BCUT2D eigenvalue weighted by molar-refractivity contribution is -0.123. The van der Waals surface area contributed by atoms with Crippen LogP contribution in [0.5, 0.6) is 0 Å². The van der Waals surface area contributed by atoms with Gasteiger partial charge in [0, 0.05) is 6.04 Å². The molecule has 14 heavy (non-hydrogen) atoms. The van der Waals surface area contributed by atoms with Gasteiger partial charge in [-0.2, -0.15) is 11.8 Å². The molecule has 0 aliphatic carbocycles. The van der Waals surface area contributed by atoms with E-state index < -0.39 is 0 Å². The van der Waals surface area contributed by atoms with Crippen LogP contribution in [0.3, 0.4) is 0 Å². The summed E-state index contributed by atoms with van der Waals surface area (Å²) in [5.41, 5.74) is 0. The van der Waals surface area contributed by atoms with Crippen LogP contribution in [0, 0.1) is 0 Å². The Hall–Kier alpha value is -0.220. The quantitative estimate of drug-likeness (QED) is 0.720. The van der Waals surface area contributed by atoms with Gasteiger partial charge >= 0.3 is 0 Å². The van der Waals surface area contributed by atoms with Gasteiger partial charge in [-0.25, -0.2) is 0 Å².